The van der Waals surface area contributed by atoms with E-state index < -0.39 is 17.5 Å². The van der Waals surface area contributed by atoms with Crippen LogP contribution in [0.15, 0.2) is 12.3 Å². The van der Waals surface area contributed by atoms with Crippen molar-refractivity contribution in [3.8, 4) is 11.8 Å². The summed E-state index contributed by atoms with van der Waals surface area (Å²) in [6, 6.07) is 1.57. The highest BCUT2D eigenvalue weighted by atomic mass is 35.5. The fourth-order valence-electron chi connectivity index (χ4n) is 3.63. The molecule has 0 spiro atoms. The number of rotatable bonds is 0. The Labute approximate surface area is 148 Å². The van der Waals surface area contributed by atoms with Gasteiger partial charge in [0.2, 0.25) is 0 Å². The van der Waals surface area contributed by atoms with Crippen LogP contribution >= 0.6 is 23.2 Å². The zero-order valence-corrected chi connectivity index (χ0v) is 14.1. The molecule has 2 aliphatic rings. The summed E-state index contributed by atoms with van der Waals surface area (Å²) in [6.07, 6.45) is 2.78. The third-order valence-corrected chi connectivity index (χ3v) is 5.30. The molecule has 0 saturated carbocycles. The van der Waals surface area contributed by atoms with Crippen molar-refractivity contribution in [2.24, 2.45) is 0 Å². The summed E-state index contributed by atoms with van der Waals surface area (Å²) in [5.41, 5.74) is -0.0451. The van der Waals surface area contributed by atoms with E-state index in [4.69, 9.17) is 23.2 Å². The van der Waals surface area contributed by atoms with Gasteiger partial charge in [0.1, 0.15) is 17.4 Å². The van der Waals surface area contributed by atoms with Gasteiger partial charge in [0, 0.05) is 24.5 Å². The lowest BCUT2D eigenvalue weighted by molar-refractivity contribution is 0.255. The van der Waals surface area contributed by atoms with E-state index in [0.717, 1.165) is 19.4 Å². The van der Waals surface area contributed by atoms with Crippen molar-refractivity contribution >= 4 is 34.1 Å². The van der Waals surface area contributed by atoms with Crippen LogP contribution < -0.4 is 0 Å². The summed E-state index contributed by atoms with van der Waals surface area (Å²) in [5.74, 6) is 5.42. The summed E-state index contributed by atoms with van der Waals surface area (Å²) in [5, 5.41) is 0.435. The monoisotopic (exact) mass is 367 g/mol. The van der Waals surface area contributed by atoms with Gasteiger partial charge in [0.05, 0.1) is 10.6 Å². The van der Waals surface area contributed by atoms with Gasteiger partial charge in [-0.2, -0.15) is 0 Å². The number of halogens is 4. The molecule has 4 rings (SSSR count). The lowest BCUT2D eigenvalue weighted by Crippen LogP contribution is -2.36. The minimum absolute atomic E-state index is 0.0439. The molecule has 2 saturated heterocycles. The number of hydrogen-bond acceptors (Lipinski definition) is 3. The first-order valence-corrected chi connectivity index (χ1v) is 8.47. The lowest BCUT2D eigenvalue weighted by Gasteiger charge is -2.25. The Kier molecular flexibility index (Phi) is 3.87. The average molecular weight is 368 g/mol. The van der Waals surface area contributed by atoms with Crippen molar-refractivity contribution in [1.29, 1.82) is 0 Å². The van der Waals surface area contributed by atoms with Gasteiger partial charge < -0.3 is 0 Å². The molecule has 0 amide bonds. The summed E-state index contributed by atoms with van der Waals surface area (Å²) >= 11 is 11.9. The molecule has 0 aliphatic carbocycles. The molecule has 24 heavy (non-hydrogen) atoms. The molecule has 2 aromatic heterocycles. The van der Waals surface area contributed by atoms with Crippen LogP contribution in [0.1, 0.15) is 25.0 Å². The maximum Gasteiger partial charge on any atom is 0.186 e. The maximum absolute atomic E-state index is 14.1. The number of aromatic nitrogens is 2. The topological polar surface area (TPSA) is 29.0 Å². The van der Waals surface area contributed by atoms with E-state index in [1.54, 1.807) is 6.07 Å². The Morgan fingerprint density at radius 3 is 3.04 bits per heavy atom. The average Bonchev–Trinajstić information content (AvgIpc) is 3.05. The van der Waals surface area contributed by atoms with Gasteiger partial charge in [-0.15, -0.1) is 0 Å². The first-order chi connectivity index (χ1) is 11.5. The van der Waals surface area contributed by atoms with Crippen molar-refractivity contribution in [3.05, 3.63) is 34.0 Å². The fourth-order valence-corrected chi connectivity index (χ4v) is 4.01. The van der Waals surface area contributed by atoms with Crippen LogP contribution in [0.3, 0.4) is 0 Å². The van der Waals surface area contributed by atoms with Crippen LogP contribution in [0.5, 0.6) is 0 Å². The first kappa shape index (κ1) is 16.0. The molecule has 2 fully saturated rings. The van der Waals surface area contributed by atoms with Gasteiger partial charge in [0.25, 0.3) is 0 Å². The molecule has 2 atom stereocenters. The van der Waals surface area contributed by atoms with E-state index in [1.165, 1.54) is 6.20 Å². The van der Waals surface area contributed by atoms with Gasteiger partial charge >= 0.3 is 0 Å². The SMILES string of the molecule is Fc1c(Cl)ncc2c(Cl)cc(C#CC34CCCN3C[C@H](F)C4)nc12. The number of hydrogen-bond donors (Lipinski definition) is 0. The number of pyridine rings is 2. The molecule has 4 heterocycles. The van der Waals surface area contributed by atoms with E-state index >= 15 is 0 Å². The molecule has 0 bridgehead atoms. The molecule has 3 nitrogen and oxygen atoms in total. The highest BCUT2D eigenvalue weighted by Crippen LogP contribution is 2.39. The van der Waals surface area contributed by atoms with E-state index in [0.29, 0.717) is 29.1 Å². The summed E-state index contributed by atoms with van der Waals surface area (Å²) in [6.45, 7) is 1.29. The largest absolute Gasteiger partial charge is 0.284 e. The van der Waals surface area contributed by atoms with Crippen LogP contribution in [0, 0.1) is 17.7 Å². The van der Waals surface area contributed by atoms with Crippen molar-refractivity contribution in [2.45, 2.75) is 31.0 Å². The normalized spacial score (nSPS) is 26.4. The minimum Gasteiger partial charge on any atom is -0.284 e. The zero-order valence-electron chi connectivity index (χ0n) is 12.6. The Bertz CT molecular complexity index is 893. The Hall–Kier alpha value is -1.48. The second-order valence-corrected chi connectivity index (χ2v) is 7.01. The number of nitrogens with zero attached hydrogens (tertiary/aromatic N) is 3. The molecule has 1 unspecified atom stereocenters. The highest BCUT2D eigenvalue weighted by molar-refractivity contribution is 6.36. The zero-order chi connectivity index (χ0) is 16.9. The third-order valence-electron chi connectivity index (χ3n) is 4.73. The smallest absolute Gasteiger partial charge is 0.186 e. The van der Waals surface area contributed by atoms with Crippen LogP contribution in [0.4, 0.5) is 8.78 Å². The van der Waals surface area contributed by atoms with Gasteiger partial charge in [0.15, 0.2) is 11.0 Å². The van der Waals surface area contributed by atoms with Gasteiger partial charge in [-0.3, -0.25) is 4.90 Å². The number of fused-ring (bicyclic) bond motifs is 2. The standard InChI is InChI=1S/C17H13Cl2F2N3/c18-13-6-11(23-15-12(13)8-22-16(19)14(15)21)2-4-17-3-1-5-24(17)9-10(20)7-17/h6,8,10H,1,3,5,7,9H2/t10-,17?/m1/s1. The van der Waals surface area contributed by atoms with Crippen molar-refractivity contribution in [3.63, 3.8) is 0 Å². The highest BCUT2D eigenvalue weighted by Gasteiger charge is 2.47. The predicted molar refractivity (Wildman–Crippen MR) is 89.4 cm³/mol. The molecule has 0 radical (unpaired) electrons. The van der Waals surface area contributed by atoms with Crippen LogP contribution in [-0.2, 0) is 0 Å². The fraction of sp³-hybridized carbons (Fsp3) is 0.412. The van der Waals surface area contributed by atoms with Crippen molar-refractivity contribution in [1.82, 2.24) is 14.9 Å². The molecule has 124 valence electrons. The Morgan fingerprint density at radius 2 is 2.21 bits per heavy atom. The van der Waals surface area contributed by atoms with E-state index in [2.05, 4.69) is 26.7 Å². The van der Waals surface area contributed by atoms with Crippen LogP contribution in [0.2, 0.25) is 10.2 Å². The van der Waals surface area contributed by atoms with E-state index in [-0.39, 0.29) is 10.7 Å². The first-order valence-electron chi connectivity index (χ1n) is 7.71. The minimum atomic E-state index is -0.852. The third kappa shape index (κ3) is 2.54. The van der Waals surface area contributed by atoms with Gasteiger partial charge in [-0.1, -0.05) is 29.1 Å². The van der Waals surface area contributed by atoms with Crippen LogP contribution in [-0.4, -0.2) is 39.7 Å². The maximum atomic E-state index is 14.1. The lowest BCUT2D eigenvalue weighted by atomic mass is 9.94. The molecule has 0 aromatic carbocycles. The second-order valence-electron chi connectivity index (χ2n) is 6.25. The van der Waals surface area contributed by atoms with Crippen molar-refractivity contribution < 1.29 is 8.78 Å². The second kappa shape index (κ2) is 5.80. The summed E-state index contributed by atoms with van der Waals surface area (Å²) in [4.78, 5) is 10.0. The van der Waals surface area contributed by atoms with Crippen LogP contribution in [0.25, 0.3) is 10.9 Å². The van der Waals surface area contributed by atoms with Gasteiger partial charge in [-0.05, 0) is 31.4 Å². The van der Waals surface area contributed by atoms with E-state index in [9.17, 15) is 8.78 Å². The molecule has 2 aromatic rings. The Morgan fingerprint density at radius 1 is 1.38 bits per heavy atom. The van der Waals surface area contributed by atoms with Crippen molar-refractivity contribution in [2.75, 3.05) is 13.1 Å². The van der Waals surface area contributed by atoms with E-state index in [1.807, 2.05) is 0 Å². The molecule has 2 aliphatic heterocycles. The number of alkyl halides is 1. The molecule has 7 heteroatoms. The summed E-state index contributed by atoms with van der Waals surface area (Å²) < 4.78 is 27.9. The molecular formula is C17H13Cl2F2N3. The van der Waals surface area contributed by atoms with Gasteiger partial charge in [-0.25, -0.2) is 18.7 Å². The summed E-state index contributed by atoms with van der Waals surface area (Å²) in [7, 11) is 0. The predicted octanol–water partition coefficient (Wildman–Crippen LogP) is 4.00. The quantitative estimate of drug-likeness (QED) is 0.520. The Balaban J connectivity index is 1.78. The molecular weight excluding hydrogens is 355 g/mol. The molecule has 0 N–H and O–H groups in total.